The minimum absolute atomic E-state index is 0.0619. The van der Waals surface area contributed by atoms with Crippen LogP contribution in [0.2, 0.25) is 0 Å². The Balaban J connectivity index is 2.42. The third-order valence-corrected chi connectivity index (χ3v) is 3.10. The fourth-order valence-corrected chi connectivity index (χ4v) is 2.21. The molecule has 0 saturated carbocycles. The van der Waals surface area contributed by atoms with Gasteiger partial charge < -0.3 is 10.2 Å². The van der Waals surface area contributed by atoms with Gasteiger partial charge in [0, 0.05) is 20.0 Å². The molecule has 0 bridgehead atoms. The average molecular weight is 232 g/mol. The Hall–Kier alpha value is -1.84. The van der Waals surface area contributed by atoms with E-state index in [9.17, 15) is 9.59 Å². The van der Waals surface area contributed by atoms with E-state index in [1.165, 1.54) is 6.92 Å². The van der Waals surface area contributed by atoms with Crippen LogP contribution in [0.25, 0.3) is 0 Å². The van der Waals surface area contributed by atoms with Crippen LogP contribution >= 0.6 is 0 Å². The molecule has 2 rings (SSSR count). The first-order valence-corrected chi connectivity index (χ1v) is 5.71. The number of piperazine rings is 1. The lowest BCUT2D eigenvalue weighted by atomic mass is 9.98. The number of aryl methyl sites for hydroxylation is 1. The molecule has 1 aliphatic rings. The SMILES string of the molecule is CC(=O)N1CCNC(=O)C1c1ccccc1C. The lowest BCUT2D eigenvalue weighted by Gasteiger charge is -2.35. The van der Waals surface area contributed by atoms with Gasteiger partial charge in [-0.25, -0.2) is 0 Å². The second-order valence-corrected chi connectivity index (χ2v) is 4.26. The fraction of sp³-hybridized carbons (Fsp3) is 0.385. The van der Waals surface area contributed by atoms with Crippen molar-refractivity contribution in [3.63, 3.8) is 0 Å². The Morgan fingerprint density at radius 2 is 2.12 bits per heavy atom. The van der Waals surface area contributed by atoms with Crippen LogP contribution in [0, 0.1) is 6.92 Å². The maximum absolute atomic E-state index is 12.0. The third-order valence-electron chi connectivity index (χ3n) is 3.10. The maximum Gasteiger partial charge on any atom is 0.247 e. The molecule has 1 aromatic rings. The number of amides is 2. The molecule has 0 radical (unpaired) electrons. The van der Waals surface area contributed by atoms with E-state index in [2.05, 4.69) is 5.32 Å². The Kier molecular flexibility index (Phi) is 3.13. The van der Waals surface area contributed by atoms with Gasteiger partial charge in [-0.2, -0.15) is 0 Å². The van der Waals surface area contributed by atoms with Gasteiger partial charge >= 0.3 is 0 Å². The van der Waals surface area contributed by atoms with Crippen LogP contribution in [-0.4, -0.2) is 29.8 Å². The number of nitrogens with zero attached hydrogens (tertiary/aromatic N) is 1. The highest BCUT2D eigenvalue weighted by Gasteiger charge is 2.33. The molecule has 4 heteroatoms. The molecule has 1 aliphatic heterocycles. The lowest BCUT2D eigenvalue weighted by Crippen LogP contribution is -2.51. The Labute approximate surface area is 101 Å². The number of benzene rings is 1. The average Bonchev–Trinajstić information content (AvgIpc) is 2.30. The van der Waals surface area contributed by atoms with Gasteiger partial charge in [-0.1, -0.05) is 24.3 Å². The molecule has 0 aromatic heterocycles. The van der Waals surface area contributed by atoms with E-state index in [1.54, 1.807) is 4.90 Å². The van der Waals surface area contributed by atoms with Gasteiger partial charge in [0.05, 0.1) is 0 Å². The molecule has 0 aliphatic carbocycles. The topological polar surface area (TPSA) is 49.4 Å². The molecule has 1 unspecified atom stereocenters. The normalized spacial score (nSPS) is 20.0. The van der Waals surface area contributed by atoms with Crippen molar-refractivity contribution in [3.05, 3.63) is 35.4 Å². The predicted molar refractivity (Wildman–Crippen MR) is 64.3 cm³/mol. The number of carbonyl (C=O) groups is 2. The highest BCUT2D eigenvalue weighted by Crippen LogP contribution is 2.25. The highest BCUT2D eigenvalue weighted by molar-refractivity contribution is 5.89. The summed E-state index contributed by atoms with van der Waals surface area (Å²) in [5.74, 6) is -0.158. The smallest absolute Gasteiger partial charge is 0.247 e. The molecule has 4 nitrogen and oxygen atoms in total. The summed E-state index contributed by atoms with van der Waals surface area (Å²) >= 11 is 0. The summed E-state index contributed by atoms with van der Waals surface area (Å²) in [4.78, 5) is 25.2. The largest absolute Gasteiger partial charge is 0.352 e. The first-order valence-electron chi connectivity index (χ1n) is 5.71. The van der Waals surface area contributed by atoms with Crippen molar-refractivity contribution in [2.45, 2.75) is 19.9 Å². The minimum atomic E-state index is -0.484. The van der Waals surface area contributed by atoms with E-state index in [4.69, 9.17) is 0 Å². The summed E-state index contributed by atoms with van der Waals surface area (Å²) in [6, 6.07) is 7.19. The zero-order valence-corrected chi connectivity index (χ0v) is 10.1. The monoisotopic (exact) mass is 232 g/mol. The molecule has 1 atom stereocenters. The summed E-state index contributed by atoms with van der Waals surface area (Å²) in [6.45, 7) is 4.56. The van der Waals surface area contributed by atoms with Gasteiger partial charge in [0.2, 0.25) is 11.8 Å². The molecule has 1 aromatic carbocycles. The summed E-state index contributed by atoms with van der Waals surface area (Å²) in [7, 11) is 0. The zero-order chi connectivity index (χ0) is 12.4. The van der Waals surface area contributed by atoms with Crippen molar-refractivity contribution in [1.82, 2.24) is 10.2 Å². The molecule has 1 N–H and O–H groups in total. The molecule has 1 saturated heterocycles. The van der Waals surface area contributed by atoms with Crippen molar-refractivity contribution >= 4 is 11.8 Å². The quantitative estimate of drug-likeness (QED) is 0.785. The van der Waals surface area contributed by atoms with Crippen molar-refractivity contribution in [1.29, 1.82) is 0 Å². The number of carbonyl (C=O) groups excluding carboxylic acids is 2. The Morgan fingerprint density at radius 3 is 2.76 bits per heavy atom. The molecule has 0 spiro atoms. The molecular weight excluding hydrogens is 216 g/mol. The number of hydrogen-bond acceptors (Lipinski definition) is 2. The summed E-state index contributed by atoms with van der Waals surface area (Å²) < 4.78 is 0. The minimum Gasteiger partial charge on any atom is -0.352 e. The van der Waals surface area contributed by atoms with E-state index < -0.39 is 6.04 Å². The predicted octanol–water partition coefficient (Wildman–Crippen LogP) is 1.01. The van der Waals surface area contributed by atoms with Crippen LogP contribution in [0.3, 0.4) is 0 Å². The second-order valence-electron chi connectivity index (χ2n) is 4.26. The lowest BCUT2D eigenvalue weighted by molar-refractivity contribution is -0.142. The molecule has 1 heterocycles. The van der Waals surface area contributed by atoms with Gasteiger partial charge in [-0.05, 0) is 18.1 Å². The van der Waals surface area contributed by atoms with E-state index in [0.717, 1.165) is 11.1 Å². The summed E-state index contributed by atoms with van der Waals surface area (Å²) in [5.41, 5.74) is 1.93. The van der Waals surface area contributed by atoms with Gasteiger partial charge in [0.15, 0.2) is 0 Å². The highest BCUT2D eigenvalue weighted by atomic mass is 16.2. The van der Waals surface area contributed by atoms with E-state index in [1.807, 2.05) is 31.2 Å². The van der Waals surface area contributed by atoms with Crippen LogP contribution in [0.1, 0.15) is 24.1 Å². The summed E-state index contributed by atoms with van der Waals surface area (Å²) in [6.07, 6.45) is 0. The van der Waals surface area contributed by atoms with Crippen LogP contribution in [-0.2, 0) is 9.59 Å². The van der Waals surface area contributed by atoms with Crippen molar-refractivity contribution in [2.24, 2.45) is 0 Å². The fourth-order valence-electron chi connectivity index (χ4n) is 2.21. The van der Waals surface area contributed by atoms with Gasteiger partial charge in [-0.3, -0.25) is 9.59 Å². The summed E-state index contributed by atoms with van der Waals surface area (Å²) in [5, 5.41) is 2.81. The number of nitrogens with one attached hydrogen (secondary N) is 1. The third kappa shape index (κ3) is 2.16. The van der Waals surface area contributed by atoms with Crippen LogP contribution in [0.5, 0.6) is 0 Å². The molecule has 90 valence electrons. The zero-order valence-electron chi connectivity index (χ0n) is 10.1. The molecule has 17 heavy (non-hydrogen) atoms. The van der Waals surface area contributed by atoms with E-state index >= 15 is 0 Å². The standard InChI is InChI=1S/C13H16N2O2/c1-9-5-3-4-6-11(9)12-13(17)14-7-8-15(12)10(2)16/h3-6,12H,7-8H2,1-2H3,(H,14,17). The van der Waals surface area contributed by atoms with Gasteiger partial charge in [-0.15, -0.1) is 0 Å². The Bertz CT molecular complexity index is 456. The van der Waals surface area contributed by atoms with Gasteiger partial charge in [0.25, 0.3) is 0 Å². The molecule has 2 amide bonds. The van der Waals surface area contributed by atoms with Crippen molar-refractivity contribution in [3.8, 4) is 0 Å². The van der Waals surface area contributed by atoms with Crippen LogP contribution < -0.4 is 5.32 Å². The van der Waals surface area contributed by atoms with Gasteiger partial charge in [0.1, 0.15) is 6.04 Å². The van der Waals surface area contributed by atoms with Crippen molar-refractivity contribution in [2.75, 3.05) is 13.1 Å². The Morgan fingerprint density at radius 1 is 1.41 bits per heavy atom. The van der Waals surface area contributed by atoms with E-state index in [0.29, 0.717) is 13.1 Å². The van der Waals surface area contributed by atoms with Crippen LogP contribution in [0.15, 0.2) is 24.3 Å². The van der Waals surface area contributed by atoms with Crippen molar-refractivity contribution < 1.29 is 9.59 Å². The first-order chi connectivity index (χ1) is 8.11. The van der Waals surface area contributed by atoms with E-state index in [-0.39, 0.29) is 11.8 Å². The number of rotatable bonds is 1. The molecular formula is C13H16N2O2. The second kappa shape index (κ2) is 4.57. The van der Waals surface area contributed by atoms with Crippen LogP contribution in [0.4, 0.5) is 0 Å². The molecule has 1 fully saturated rings. The maximum atomic E-state index is 12.0. The first kappa shape index (κ1) is 11.6. The number of hydrogen-bond donors (Lipinski definition) is 1.